The molecule has 1 rings (SSSR count). The molecule has 0 aliphatic carbocycles. The van der Waals surface area contributed by atoms with E-state index in [0.29, 0.717) is 10.8 Å². The van der Waals surface area contributed by atoms with E-state index in [-0.39, 0.29) is 0 Å². The maximum absolute atomic E-state index is 5.39. The molecule has 0 amide bonds. The minimum atomic E-state index is 0.321. The lowest BCUT2D eigenvalue weighted by Crippen LogP contribution is -2.33. The largest absolute Gasteiger partial charge is 0.496 e. The zero-order valence-electron chi connectivity index (χ0n) is 14.0. The summed E-state index contributed by atoms with van der Waals surface area (Å²) in [7, 11) is 4.75. The second-order valence-corrected chi connectivity index (χ2v) is 7.98. The van der Waals surface area contributed by atoms with E-state index in [1.807, 2.05) is 7.05 Å². The smallest absolute Gasteiger partial charge is 0.158 e. The van der Waals surface area contributed by atoms with E-state index >= 15 is 0 Å². The molecular formula is C16H28BNOS. The van der Waals surface area contributed by atoms with Gasteiger partial charge in [0.1, 0.15) is 5.75 Å². The summed E-state index contributed by atoms with van der Waals surface area (Å²) in [6.45, 7) is 11.7. The van der Waals surface area contributed by atoms with Crippen LogP contribution in [0.2, 0.25) is 6.32 Å². The normalized spacial score (nSPS) is 12.3. The Morgan fingerprint density at radius 1 is 1.20 bits per heavy atom. The van der Waals surface area contributed by atoms with Crippen molar-refractivity contribution in [3.05, 3.63) is 18.2 Å². The van der Waals surface area contributed by atoms with Crippen LogP contribution in [0.4, 0.5) is 0 Å². The Morgan fingerprint density at radius 3 is 2.35 bits per heavy atom. The molecule has 0 unspecified atom stereocenters. The highest BCUT2D eigenvalue weighted by Crippen LogP contribution is 2.40. The fraction of sp³-hybridized carbons (Fsp3) is 0.625. The number of hydrogen-bond donors (Lipinski definition) is 1. The SMILES string of the molecule is CNSc1cc(BCC(C)(C)C(C)(C)C)ccc1OC. The summed E-state index contributed by atoms with van der Waals surface area (Å²) in [5.41, 5.74) is 2.02. The molecule has 0 saturated heterocycles. The van der Waals surface area contributed by atoms with E-state index in [2.05, 4.69) is 57.5 Å². The third-order valence-corrected chi connectivity index (χ3v) is 5.25. The molecule has 1 aromatic rings. The van der Waals surface area contributed by atoms with Crippen molar-refractivity contribution in [1.82, 2.24) is 4.72 Å². The minimum Gasteiger partial charge on any atom is -0.496 e. The fourth-order valence-corrected chi connectivity index (χ4v) is 2.58. The molecule has 1 aromatic carbocycles. The standard InChI is InChI=1S/C16H28BNOS/c1-15(2,3)16(4,5)11-17-12-8-9-13(19-7)14(10-12)20-18-6/h8-10,17-18H,11H2,1-7H3. The van der Waals surface area contributed by atoms with Gasteiger partial charge in [-0.2, -0.15) is 0 Å². The Kier molecular flexibility index (Phi) is 6.02. The molecule has 4 heteroatoms. The van der Waals surface area contributed by atoms with Crippen molar-refractivity contribution in [3.63, 3.8) is 0 Å². The second kappa shape index (κ2) is 6.90. The van der Waals surface area contributed by atoms with Crippen LogP contribution in [0, 0.1) is 10.8 Å². The summed E-state index contributed by atoms with van der Waals surface area (Å²) < 4.78 is 8.51. The van der Waals surface area contributed by atoms with E-state index in [4.69, 9.17) is 4.74 Å². The van der Waals surface area contributed by atoms with Gasteiger partial charge in [-0.1, -0.05) is 52.5 Å². The van der Waals surface area contributed by atoms with E-state index in [0.717, 1.165) is 17.9 Å². The quantitative estimate of drug-likeness (QED) is 0.641. The molecule has 0 aromatic heterocycles. The van der Waals surface area contributed by atoms with Crippen molar-refractivity contribution < 1.29 is 4.74 Å². The maximum atomic E-state index is 5.39. The summed E-state index contributed by atoms with van der Waals surface area (Å²) >= 11 is 1.60. The van der Waals surface area contributed by atoms with E-state index in [1.165, 1.54) is 11.8 Å². The maximum Gasteiger partial charge on any atom is 0.158 e. The van der Waals surface area contributed by atoms with Gasteiger partial charge in [0.05, 0.1) is 12.0 Å². The summed E-state index contributed by atoms with van der Waals surface area (Å²) in [4.78, 5) is 1.15. The van der Waals surface area contributed by atoms with Gasteiger partial charge in [-0.05, 0) is 42.0 Å². The van der Waals surface area contributed by atoms with Crippen molar-refractivity contribution >= 4 is 24.7 Å². The van der Waals surface area contributed by atoms with Gasteiger partial charge in [0, 0.05) is 0 Å². The molecule has 0 atom stereocenters. The number of ether oxygens (including phenoxy) is 1. The van der Waals surface area contributed by atoms with Crippen LogP contribution in [-0.2, 0) is 0 Å². The summed E-state index contributed by atoms with van der Waals surface area (Å²) in [5, 5.41) is 0. The molecule has 0 radical (unpaired) electrons. The molecule has 112 valence electrons. The number of methoxy groups -OCH3 is 1. The average molecular weight is 293 g/mol. The predicted molar refractivity (Wildman–Crippen MR) is 92.7 cm³/mol. The van der Waals surface area contributed by atoms with Crippen molar-refractivity contribution in [2.45, 2.75) is 45.8 Å². The second-order valence-electron chi connectivity index (χ2n) is 6.93. The summed E-state index contributed by atoms with van der Waals surface area (Å²) in [6.07, 6.45) is 1.19. The van der Waals surface area contributed by atoms with Crippen molar-refractivity contribution in [1.29, 1.82) is 0 Å². The van der Waals surface area contributed by atoms with Gasteiger partial charge in [0.15, 0.2) is 7.28 Å². The van der Waals surface area contributed by atoms with Crippen LogP contribution in [0.25, 0.3) is 0 Å². The Balaban J connectivity index is 2.81. The molecule has 0 aliphatic rings. The van der Waals surface area contributed by atoms with E-state index in [9.17, 15) is 0 Å². The molecule has 2 nitrogen and oxygen atoms in total. The van der Waals surface area contributed by atoms with Gasteiger partial charge in [0.2, 0.25) is 0 Å². The Bertz CT molecular complexity index is 441. The molecule has 0 heterocycles. The van der Waals surface area contributed by atoms with Gasteiger partial charge in [-0.25, -0.2) is 0 Å². The fourth-order valence-electron chi connectivity index (χ4n) is 1.90. The number of rotatable bonds is 6. The van der Waals surface area contributed by atoms with Crippen LogP contribution in [0.3, 0.4) is 0 Å². The summed E-state index contributed by atoms with van der Waals surface area (Å²) in [5.74, 6) is 0.934. The average Bonchev–Trinajstić information content (AvgIpc) is 2.36. The van der Waals surface area contributed by atoms with Crippen molar-refractivity contribution in [2.75, 3.05) is 14.2 Å². The molecule has 0 bridgehead atoms. The Labute approximate surface area is 129 Å². The Morgan fingerprint density at radius 2 is 1.85 bits per heavy atom. The molecule has 0 fully saturated rings. The minimum absolute atomic E-state index is 0.321. The molecule has 0 spiro atoms. The van der Waals surface area contributed by atoms with Gasteiger partial charge >= 0.3 is 0 Å². The van der Waals surface area contributed by atoms with Crippen molar-refractivity contribution in [2.24, 2.45) is 10.8 Å². The summed E-state index contributed by atoms with van der Waals surface area (Å²) in [6, 6.07) is 6.48. The third kappa shape index (κ3) is 4.46. The molecule has 0 saturated carbocycles. The molecule has 0 aliphatic heterocycles. The van der Waals surface area contributed by atoms with E-state index in [1.54, 1.807) is 19.1 Å². The Hall–Kier alpha value is -0.605. The molecular weight excluding hydrogens is 265 g/mol. The third-order valence-electron chi connectivity index (χ3n) is 4.51. The van der Waals surface area contributed by atoms with Crippen LogP contribution >= 0.6 is 11.9 Å². The molecule has 1 N–H and O–H groups in total. The first-order valence-electron chi connectivity index (χ1n) is 7.22. The first-order chi connectivity index (χ1) is 9.21. The lowest BCUT2D eigenvalue weighted by molar-refractivity contribution is 0.157. The lowest BCUT2D eigenvalue weighted by Gasteiger charge is -2.39. The zero-order chi connectivity index (χ0) is 15.4. The molecule has 20 heavy (non-hydrogen) atoms. The van der Waals surface area contributed by atoms with Crippen molar-refractivity contribution in [3.8, 4) is 5.75 Å². The highest BCUT2D eigenvalue weighted by molar-refractivity contribution is 7.97. The zero-order valence-corrected chi connectivity index (χ0v) is 14.8. The lowest BCUT2D eigenvalue weighted by atomic mass is 9.53. The predicted octanol–water partition coefficient (Wildman–Crippen LogP) is 3.47. The van der Waals surface area contributed by atoms with Gasteiger partial charge in [-0.15, -0.1) is 0 Å². The van der Waals surface area contributed by atoms with Crippen LogP contribution < -0.4 is 14.9 Å². The van der Waals surface area contributed by atoms with Crippen LogP contribution in [0.15, 0.2) is 23.1 Å². The van der Waals surface area contributed by atoms with Crippen LogP contribution in [-0.4, -0.2) is 21.4 Å². The van der Waals surface area contributed by atoms with Gasteiger partial charge < -0.3 is 4.74 Å². The topological polar surface area (TPSA) is 21.3 Å². The highest BCUT2D eigenvalue weighted by atomic mass is 32.2. The number of nitrogens with one attached hydrogen (secondary N) is 1. The van der Waals surface area contributed by atoms with Crippen LogP contribution in [0.5, 0.6) is 5.75 Å². The monoisotopic (exact) mass is 293 g/mol. The van der Waals surface area contributed by atoms with Gasteiger partial charge in [-0.3, -0.25) is 4.72 Å². The first-order valence-corrected chi connectivity index (χ1v) is 8.03. The number of benzene rings is 1. The number of hydrogen-bond acceptors (Lipinski definition) is 3. The highest BCUT2D eigenvalue weighted by Gasteiger charge is 2.32. The first kappa shape index (κ1) is 17.4. The van der Waals surface area contributed by atoms with Crippen LogP contribution in [0.1, 0.15) is 34.6 Å². The van der Waals surface area contributed by atoms with Gasteiger partial charge in [0.25, 0.3) is 0 Å². The van der Waals surface area contributed by atoms with E-state index < -0.39 is 0 Å².